The summed E-state index contributed by atoms with van der Waals surface area (Å²) in [5.74, 6) is 0.00235. The van der Waals surface area contributed by atoms with Gasteiger partial charge in [0.15, 0.2) is 0 Å². The molecule has 1 aromatic heterocycles. The van der Waals surface area contributed by atoms with Crippen LogP contribution in [0.1, 0.15) is 5.56 Å². The molecule has 0 aliphatic heterocycles. The van der Waals surface area contributed by atoms with E-state index in [-0.39, 0.29) is 5.02 Å². The number of ether oxygens (including phenoxy) is 1. The molecule has 0 fully saturated rings. The van der Waals surface area contributed by atoms with Crippen LogP contribution in [0.3, 0.4) is 0 Å². The molecule has 0 amide bonds. The first-order valence-electron chi connectivity index (χ1n) is 5.55. The van der Waals surface area contributed by atoms with Crippen LogP contribution in [0.4, 0.5) is 4.39 Å². The molecule has 5 heteroatoms. The lowest BCUT2D eigenvalue weighted by molar-refractivity contribution is 0.312. The monoisotopic (exact) mass is 269 g/mol. The Labute approximate surface area is 110 Å². The summed E-state index contributed by atoms with van der Waals surface area (Å²) in [6.45, 7) is 1.84. The summed E-state index contributed by atoms with van der Waals surface area (Å²) in [7, 11) is 0. The van der Waals surface area contributed by atoms with Gasteiger partial charge in [-0.05, 0) is 18.2 Å². The Hall–Kier alpha value is -1.52. The summed E-state index contributed by atoms with van der Waals surface area (Å²) in [4.78, 5) is 0. The summed E-state index contributed by atoms with van der Waals surface area (Å²) < 4.78 is 23.4. The maximum absolute atomic E-state index is 13.1. The minimum Gasteiger partial charge on any atom is -0.492 e. The molecule has 1 heterocycles. The molecule has 2 rings (SSSR count). The third-order valence-electron chi connectivity index (χ3n) is 2.35. The van der Waals surface area contributed by atoms with Crippen molar-refractivity contribution < 1.29 is 13.5 Å². The molecule has 18 heavy (non-hydrogen) atoms. The van der Waals surface area contributed by atoms with Crippen LogP contribution in [-0.4, -0.2) is 13.2 Å². The first kappa shape index (κ1) is 12.9. The SMILES string of the molecule is Fc1cc(OCCNCc2ccoc2)ccc1Cl. The van der Waals surface area contributed by atoms with E-state index >= 15 is 0 Å². The van der Waals surface area contributed by atoms with Gasteiger partial charge < -0.3 is 14.5 Å². The number of furan rings is 1. The van der Waals surface area contributed by atoms with Crippen molar-refractivity contribution in [2.45, 2.75) is 6.54 Å². The largest absolute Gasteiger partial charge is 0.492 e. The van der Waals surface area contributed by atoms with Gasteiger partial charge in [0.2, 0.25) is 0 Å². The maximum atomic E-state index is 13.1. The molecule has 2 aromatic rings. The highest BCUT2D eigenvalue weighted by molar-refractivity contribution is 6.30. The minimum absolute atomic E-state index is 0.0976. The zero-order chi connectivity index (χ0) is 12.8. The van der Waals surface area contributed by atoms with Crippen molar-refractivity contribution >= 4 is 11.6 Å². The van der Waals surface area contributed by atoms with Crippen LogP contribution >= 0.6 is 11.6 Å². The van der Waals surface area contributed by atoms with Crippen molar-refractivity contribution in [1.29, 1.82) is 0 Å². The zero-order valence-electron chi connectivity index (χ0n) is 9.66. The average molecular weight is 270 g/mol. The highest BCUT2D eigenvalue weighted by Crippen LogP contribution is 2.20. The van der Waals surface area contributed by atoms with Gasteiger partial charge >= 0.3 is 0 Å². The molecule has 0 aliphatic carbocycles. The van der Waals surface area contributed by atoms with Gasteiger partial charge in [0.25, 0.3) is 0 Å². The molecule has 0 spiro atoms. The molecule has 0 saturated heterocycles. The number of hydrogen-bond donors (Lipinski definition) is 1. The Balaban J connectivity index is 1.67. The van der Waals surface area contributed by atoms with Crippen molar-refractivity contribution in [3.8, 4) is 5.75 Å². The second kappa shape index (κ2) is 6.42. The average Bonchev–Trinajstić information content (AvgIpc) is 2.86. The van der Waals surface area contributed by atoms with Crippen LogP contribution in [0.5, 0.6) is 5.75 Å². The van der Waals surface area contributed by atoms with E-state index in [1.165, 1.54) is 12.1 Å². The van der Waals surface area contributed by atoms with Crippen molar-refractivity contribution in [2.24, 2.45) is 0 Å². The zero-order valence-corrected chi connectivity index (χ0v) is 10.4. The van der Waals surface area contributed by atoms with E-state index in [9.17, 15) is 4.39 Å². The summed E-state index contributed by atoms with van der Waals surface area (Å²) in [5.41, 5.74) is 1.08. The van der Waals surface area contributed by atoms with E-state index in [1.54, 1.807) is 18.6 Å². The van der Waals surface area contributed by atoms with Crippen LogP contribution in [-0.2, 0) is 6.54 Å². The molecular formula is C13H13ClFNO2. The number of benzene rings is 1. The molecule has 1 N–H and O–H groups in total. The summed E-state index contributed by atoms with van der Waals surface area (Å²) in [5, 5.41) is 3.28. The van der Waals surface area contributed by atoms with Crippen LogP contribution in [0.15, 0.2) is 41.2 Å². The predicted molar refractivity (Wildman–Crippen MR) is 67.3 cm³/mol. The molecule has 3 nitrogen and oxygen atoms in total. The van der Waals surface area contributed by atoms with Crippen LogP contribution in [0.25, 0.3) is 0 Å². The Kier molecular flexibility index (Phi) is 4.61. The number of nitrogens with one attached hydrogen (secondary N) is 1. The van der Waals surface area contributed by atoms with Gasteiger partial charge in [-0.2, -0.15) is 0 Å². The van der Waals surface area contributed by atoms with Crippen LogP contribution < -0.4 is 10.1 Å². The van der Waals surface area contributed by atoms with Crippen LogP contribution in [0, 0.1) is 5.82 Å². The summed E-state index contributed by atoms with van der Waals surface area (Å²) in [6, 6.07) is 6.29. The lowest BCUT2D eigenvalue weighted by Gasteiger charge is -2.07. The van der Waals surface area contributed by atoms with Crippen molar-refractivity contribution in [2.75, 3.05) is 13.2 Å². The number of halogens is 2. The number of hydrogen-bond acceptors (Lipinski definition) is 3. The third-order valence-corrected chi connectivity index (χ3v) is 2.65. The fourth-order valence-electron chi connectivity index (χ4n) is 1.43. The van der Waals surface area contributed by atoms with Gasteiger partial charge in [0.1, 0.15) is 18.2 Å². The predicted octanol–water partition coefficient (Wildman–Crippen LogP) is 3.24. The van der Waals surface area contributed by atoms with E-state index in [4.69, 9.17) is 20.8 Å². The summed E-state index contributed by atoms with van der Waals surface area (Å²) >= 11 is 5.57. The van der Waals surface area contributed by atoms with Gasteiger partial charge in [0.05, 0.1) is 17.5 Å². The van der Waals surface area contributed by atoms with E-state index in [1.807, 2.05) is 6.07 Å². The van der Waals surface area contributed by atoms with Crippen molar-refractivity contribution in [3.63, 3.8) is 0 Å². The Morgan fingerprint density at radius 3 is 2.94 bits per heavy atom. The second-order valence-corrected chi connectivity index (χ2v) is 4.14. The molecule has 0 saturated carbocycles. The summed E-state index contributed by atoms with van der Waals surface area (Å²) in [6.07, 6.45) is 3.31. The minimum atomic E-state index is -0.472. The van der Waals surface area contributed by atoms with Gasteiger partial charge in [-0.15, -0.1) is 0 Å². The van der Waals surface area contributed by atoms with Gasteiger partial charge in [0, 0.05) is 24.7 Å². The Morgan fingerprint density at radius 1 is 1.33 bits per heavy atom. The van der Waals surface area contributed by atoms with Crippen molar-refractivity contribution in [1.82, 2.24) is 5.32 Å². The van der Waals surface area contributed by atoms with E-state index < -0.39 is 5.82 Å². The maximum Gasteiger partial charge on any atom is 0.145 e. The lowest BCUT2D eigenvalue weighted by atomic mass is 10.3. The molecule has 0 bridgehead atoms. The standard InChI is InChI=1S/C13H13ClFNO2/c14-12-2-1-11(7-13(12)15)18-6-4-16-8-10-3-5-17-9-10/h1-3,5,7,9,16H,4,6,8H2. The van der Waals surface area contributed by atoms with Gasteiger partial charge in [-0.1, -0.05) is 11.6 Å². The highest BCUT2D eigenvalue weighted by Gasteiger charge is 2.01. The quantitative estimate of drug-likeness (QED) is 0.818. The van der Waals surface area contributed by atoms with E-state index in [0.29, 0.717) is 18.9 Å². The number of rotatable bonds is 6. The third kappa shape index (κ3) is 3.75. The van der Waals surface area contributed by atoms with E-state index in [2.05, 4.69) is 5.32 Å². The molecule has 1 aromatic carbocycles. The van der Waals surface area contributed by atoms with Crippen molar-refractivity contribution in [3.05, 3.63) is 53.2 Å². The first-order chi connectivity index (χ1) is 8.75. The molecule has 0 unspecified atom stereocenters. The molecule has 96 valence electrons. The molecular weight excluding hydrogens is 257 g/mol. The first-order valence-corrected chi connectivity index (χ1v) is 5.93. The Bertz CT molecular complexity index is 488. The smallest absolute Gasteiger partial charge is 0.145 e. The topological polar surface area (TPSA) is 34.4 Å². The van der Waals surface area contributed by atoms with Gasteiger partial charge in [-0.25, -0.2) is 4.39 Å². The normalized spacial score (nSPS) is 10.6. The van der Waals surface area contributed by atoms with Crippen LogP contribution in [0.2, 0.25) is 5.02 Å². The fourth-order valence-corrected chi connectivity index (χ4v) is 1.55. The van der Waals surface area contributed by atoms with E-state index in [0.717, 1.165) is 12.1 Å². The lowest BCUT2D eigenvalue weighted by Crippen LogP contribution is -2.20. The Morgan fingerprint density at radius 2 is 2.22 bits per heavy atom. The second-order valence-electron chi connectivity index (χ2n) is 3.73. The molecule has 0 radical (unpaired) electrons. The van der Waals surface area contributed by atoms with Gasteiger partial charge in [-0.3, -0.25) is 0 Å². The molecule has 0 atom stereocenters. The highest BCUT2D eigenvalue weighted by atomic mass is 35.5. The fraction of sp³-hybridized carbons (Fsp3) is 0.231. The molecule has 0 aliphatic rings.